The van der Waals surface area contributed by atoms with Crippen LogP contribution in [0.2, 0.25) is 0 Å². The lowest BCUT2D eigenvalue weighted by Gasteiger charge is -2.18. The van der Waals surface area contributed by atoms with E-state index in [1.807, 2.05) is 0 Å². The molecule has 1 aromatic rings. The molecule has 0 aromatic heterocycles. The molecule has 0 aliphatic heterocycles. The SMILES string of the molecule is CCC1(c2ccccc2)CC1(C)C. The summed E-state index contributed by atoms with van der Waals surface area (Å²) in [7, 11) is 0. The van der Waals surface area contributed by atoms with Crippen LogP contribution in [0.3, 0.4) is 0 Å². The highest BCUT2D eigenvalue weighted by atomic mass is 14.6. The zero-order valence-corrected chi connectivity index (χ0v) is 8.80. The van der Waals surface area contributed by atoms with Crippen LogP contribution in [-0.4, -0.2) is 0 Å². The van der Waals surface area contributed by atoms with Crippen molar-refractivity contribution in [3.63, 3.8) is 0 Å². The third kappa shape index (κ3) is 1.12. The molecule has 1 saturated carbocycles. The molecule has 1 atom stereocenters. The van der Waals surface area contributed by atoms with Gasteiger partial charge in [0.2, 0.25) is 0 Å². The van der Waals surface area contributed by atoms with Gasteiger partial charge >= 0.3 is 0 Å². The van der Waals surface area contributed by atoms with E-state index in [1.165, 1.54) is 18.4 Å². The maximum atomic E-state index is 2.38. The van der Waals surface area contributed by atoms with Crippen LogP contribution in [0.25, 0.3) is 0 Å². The second-order valence-corrected chi connectivity index (χ2v) is 4.86. The van der Waals surface area contributed by atoms with Crippen molar-refractivity contribution in [1.82, 2.24) is 0 Å². The third-order valence-electron chi connectivity index (χ3n) is 3.84. The maximum Gasteiger partial charge on any atom is 0.000720 e. The second-order valence-electron chi connectivity index (χ2n) is 4.86. The molecule has 1 fully saturated rings. The molecule has 0 bridgehead atoms. The minimum Gasteiger partial charge on any atom is -0.0645 e. The van der Waals surface area contributed by atoms with Crippen LogP contribution in [0.4, 0.5) is 0 Å². The fourth-order valence-corrected chi connectivity index (χ4v) is 2.77. The first kappa shape index (κ1) is 8.80. The molecule has 1 unspecified atom stereocenters. The lowest BCUT2D eigenvalue weighted by Crippen LogP contribution is -2.12. The molecule has 13 heavy (non-hydrogen) atoms. The standard InChI is InChI=1S/C13H18/c1-4-13(10-12(13,2)3)11-8-6-5-7-9-11/h5-9H,4,10H2,1-3H3. The van der Waals surface area contributed by atoms with E-state index in [0.29, 0.717) is 10.8 Å². The Kier molecular flexibility index (Phi) is 1.76. The predicted molar refractivity (Wildman–Crippen MR) is 56.8 cm³/mol. The molecule has 1 aromatic carbocycles. The summed E-state index contributed by atoms with van der Waals surface area (Å²) in [6, 6.07) is 11.0. The summed E-state index contributed by atoms with van der Waals surface area (Å²) in [6.07, 6.45) is 2.62. The Hall–Kier alpha value is -0.780. The van der Waals surface area contributed by atoms with Gasteiger partial charge in [-0.25, -0.2) is 0 Å². The average molecular weight is 174 g/mol. The molecule has 0 heterocycles. The normalized spacial score (nSPS) is 30.1. The van der Waals surface area contributed by atoms with E-state index in [1.54, 1.807) is 0 Å². The van der Waals surface area contributed by atoms with Crippen molar-refractivity contribution in [1.29, 1.82) is 0 Å². The summed E-state index contributed by atoms with van der Waals surface area (Å²) in [4.78, 5) is 0. The molecule has 0 radical (unpaired) electrons. The molecule has 0 spiro atoms. The fourth-order valence-electron chi connectivity index (χ4n) is 2.77. The summed E-state index contributed by atoms with van der Waals surface area (Å²) in [5.74, 6) is 0. The van der Waals surface area contributed by atoms with Crippen molar-refractivity contribution in [2.24, 2.45) is 5.41 Å². The Morgan fingerprint density at radius 2 is 1.69 bits per heavy atom. The smallest absolute Gasteiger partial charge is 0.000720 e. The Labute approximate surface area is 81.0 Å². The van der Waals surface area contributed by atoms with Crippen molar-refractivity contribution in [2.75, 3.05) is 0 Å². The van der Waals surface area contributed by atoms with Gasteiger partial charge in [0.15, 0.2) is 0 Å². The summed E-state index contributed by atoms with van der Waals surface area (Å²) < 4.78 is 0. The number of rotatable bonds is 2. The third-order valence-corrected chi connectivity index (χ3v) is 3.84. The molecule has 1 aliphatic carbocycles. The molecular weight excluding hydrogens is 156 g/mol. The molecule has 0 N–H and O–H groups in total. The molecule has 1 aliphatic rings. The van der Waals surface area contributed by atoms with Gasteiger partial charge in [-0.05, 0) is 23.8 Å². The Balaban J connectivity index is 2.37. The highest BCUT2D eigenvalue weighted by Gasteiger charge is 2.60. The lowest BCUT2D eigenvalue weighted by molar-refractivity contribution is 0.483. The number of hydrogen-bond acceptors (Lipinski definition) is 0. The predicted octanol–water partition coefficient (Wildman–Crippen LogP) is 3.76. The van der Waals surface area contributed by atoms with Gasteiger partial charge in [-0.15, -0.1) is 0 Å². The van der Waals surface area contributed by atoms with Crippen molar-refractivity contribution in [2.45, 2.75) is 39.0 Å². The number of benzene rings is 1. The van der Waals surface area contributed by atoms with E-state index in [2.05, 4.69) is 51.1 Å². The number of hydrogen-bond donors (Lipinski definition) is 0. The minimum absolute atomic E-state index is 0.480. The lowest BCUT2D eigenvalue weighted by atomic mass is 9.86. The van der Waals surface area contributed by atoms with Crippen LogP contribution in [-0.2, 0) is 5.41 Å². The van der Waals surface area contributed by atoms with Gasteiger partial charge in [-0.3, -0.25) is 0 Å². The first-order valence-electron chi connectivity index (χ1n) is 5.18. The molecule has 2 rings (SSSR count). The Morgan fingerprint density at radius 3 is 2.08 bits per heavy atom. The quantitative estimate of drug-likeness (QED) is 0.640. The summed E-state index contributed by atoms with van der Waals surface area (Å²) >= 11 is 0. The average Bonchev–Trinajstić information content (AvgIpc) is 2.72. The molecule has 0 saturated heterocycles. The second kappa shape index (κ2) is 2.60. The largest absolute Gasteiger partial charge is 0.0645 e. The van der Waals surface area contributed by atoms with Gasteiger partial charge in [0.05, 0.1) is 0 Å². The molecule has 70 valence electrons. The van der Waals surface area contributed by atoms with Crippen LogP contribution in [0.15, 0.2) is 30.3 Å². The summed E-state index contributed by atoms with van der Waals surface area (Å²) in [6.45, 7) is 7.06. The molecule has 0 nitrogen and oxygen atoms in total. The zero-order chi connectivity index (χ0) is 9.53. The van der Waals surface area contributed by atoms with E-state index in [9.17, 15) is 0 Å². The maximum absolute atomic E-state index is 2.38. The van der Waals surface area contributed by atoms with Gasteiger partial charge in [0, 0.05) is 5.41 Å². The van der Waals surface area contributed by atoms with Crippen LogP contribution in [0.1, 0.15) is 39.2 Å². The van der Waals surface area contributed by atoms with E-state index >= 15 is 0 Å². The van der Waals surface area contributed by atoms with Gasteiger partial charge in [0.25, 0.3) is 0 Å². The van der Waals surface area contributed by atoms with Gasteiger partial charge in [0.1, 0.15) is 0 Å². The summed E-state index contributed by atoms with van der Waals surface area (Å²) in [5.41, 5.74) is 2.53. The van der Waals surface area contributed by atoms with Crippen molar-refractivity contribution >= 4 is 0 Å². The Bertz CT molecular complexity index is 297. The zero-order valence-electron chi connectivity index (χ0n) is 8.80. The summed E-state index contributed by atoms with van der Waals surface area (Å²) in [5, 5.41) is 0. The molecule has 0 heteroatoms. The monoisotopic (exact) mass is 174 g/mol. The van der Waals surface area contributed by atoms with E-state index in [-0.39, 0.29) is 0 Å². The van der Waals surface area contributed by atoms with Gasteiger partial charge in [-0.2, -0.15) is 0 Å². The van der Waals surface area contributed by atoms with Crippen molar-refractivity contribution in [3.8, 4) is 0 Å². The first-order chi connectivity index (χ1) is 6.12. The van der Waals surface area contributed by atoms with Gasteiger partial charge in [-0.1, -0.05) is 51.1 Å². The molecular formula is C13H18. The van der Waals surface area contributed by atoms with E-state index < -0.39 is 0 Å². The van der Waals surface area contributed by atoms with Crippen molar-refractivity contribution < 1.29 is 0 Å². The van der Waals surface area contributed by atoms with E-state index in [0.717, 1.165) is 0 Å². The first-order valence-corrected chi connectivity index (χ1v) is 5.18. The van der Waals surface area contributed by atoms with Crippen LogP contribution < -0.4 is 0 Å². The van der Waals surface area contributed by atoms with Crippen molar-refractivity contribution in [3.05, 3.63) is 35.9 Å². The van der Waals surface area contributed by atoms with E-state index in [4.69, 9.17) is 0 Å². The highest BCUT2D eigenvalue weighted by Crippen LogP contribution is 2.66. The topological polar surface area (TPSA) is 0 Å². The van der Waals surface area contributed by atoms with Crippen LogP contribution in [0.5, 0.6) is 0 Å². The Morgan fingerprint density at radius 1 is 1.15 bits per heavy atom. The minimum atomic E-state index is 0.480. The molecule has 0 amide bonds. The van der Waals surface area contributed by atoms with Gasteiger partial charge < -0.3 is 0 Å². The van der Waals surface area contributed by atoms with Crippen LogP contribution in [0, 0.1) is 5.41 Å². The highest BCUT2D eigenvalue weighted by molar-refractivity contribution is 5.36. The fraction of sp³-hybridized carbons (Fsp3) is 0.538. The van der Waals surface area contributed by atoms with Crippen LogP contribution >= 0.6 is 0 Å².